The first-order chi connectivity index (χ1) is 10.6. The zero-order valence-corrected chi connectivity index (χ0v) is 13.0. The number of nitrogens with one attached hydrogen (secondary N) is 1. The van der Waals surface area contributed by atoms with Crippen molar-refractivity contribution in [3.63, 3.8) is 0 Å². The minimum absolute atomic E-state index is 0.143. The van der Waals surface area contributed by atoms with Crippen LogP contribution in [0.25, 0.3) is 0 Å². The molecule has 0 atom stereocenters. The van der Waals surface area contributed by atoms with E-state index in [9.17, 15) is 8.42 Å². The van der Waals surface area contributed by atoms with Gasteiger partial charge in [0.25, 0.3) is 10.0 Å². The first-order valence-electron chi connectivity index (χ1n) is 6.39. The smallest absolute Gasteiger partial charge is 0.276 e. The molecular weight excluding hydrogens is 304 g/mol. The fourth-order valence-corrected chi connectivity index (χ4v) is 2.57. The molecule has 6 nitrogen and oxygen atoms in total. The SMILES string of the molecule is COc1ccc(OC)c(/C=N\NS(=O)(=O)c2ccccc2)c1. The fraction of sp³-hybridized carbons (Fsp3) is 0.133. The van der Waals surface area contributed by atoms with Crippen molar-refractivity contribution in [2.45, 2.75) is 4.90 Å². The highest BCUT2D eigenvalue weighted by Gasteiger charge is 2.11. The number of ether oxygens (including phenoxy) is 2. The highest BCUT2D eigenvalue weighted by molar-refractivity contribution is 7.89. The van der Waals surface area contributed by atoms with Gasteiger partial charge < -0.3 is 9.47 Å². The third-order valence-corrected chi connectivity index (χ3v) is 4.11. The van der Waals surface area contributed by atoms with Crippen molar-refractivity contribution in [2.75, 3.05) is 14.2 Å². The maximum Gasteiger partial charge on any atom is 0.276 e. The van der Waals surface area contributed by atoms with Crippen LogP contribution in [0.15, 0.2) is 58.5 Å². The lowest BCUT2D eigenvalue weighted by Crippen LogP contribution is -2.18. The van der Waals surface area contributed by atoms with E-state index in [1.54, 1.807) is 43.5 Å². The number of hydrogen-bond acceptors (Lipinski definition) is 5. The van der Waals surface area contributed by atoms with Crippen LogP contribution in [0.4, 0.5) is 0 Å². The molecule has 7 heteroatoms. The zero-order valence-electron chi connectivity index (χ0n) is 12.2. The van der Waals surface area contributed by atoms with E-state index in [1.807, 2.05) is 0 Å². The summed E-state index contributed by atoms with van der Waals surface area (Å²) >= 11 is 0. The number of nitrogens with zero attached hydrogens (tertiary/aromatic N) is 1. The molecule has 22 heavy (non-hydrogen) atoms. The number of rotatable bonds is 6. The molecule has 0 bridgehead atoms. The van der Waals surface area contributed by atoms with Crippen LogP contribution in [-0.4, -0.2) is 28.9 Å². The minimum Gasteiger partial charge on any atom is -0.497 e. The van der Waals surface area contributed by atoms with Crippen molar-refractivity contribution in [3.8, 4) is 11.5 Å². The van der Waals surface area contributed by atoms with Crippen molar-refractivity contribution in [2.24, 2.45) is 5.10 Å². The summed E-state index contributed by atoms with van der Waals surface area (Å²) in [6, 6.07) is 13.2. The average molecular weight is 320 g/mol. The molecule has 0 saturated heterocycles. The molecule has 2 rings (SSSR count). The van der Waals surface area contributed by atoms with E-state index >= 15 is 0 Å². The third-order valence-electron chi connectivity index (χ3n) is 2.87. The number of hydrogen-bond donors (Lipinski definition) is 1. The van der Waals surface area contributed by atoms with Gasteiger partial charge in [0.1, 0.15) is 11.5 Å². The van der Waals surface area contributed by atoms with E-state index in [4.69, 9.17) is 9.47 Å². The van der Waals surface area contributed by atoms with Gasteiger partial charge in [-0.05, 0) is 30.3 Å². The Labute approximate surface area is 129 Å². The second-order valence-electron chi connectivity index (χ2n) is 4.27. The maximum absolute atomic E-state index is 12.0. The number of sulfonamides is 1. The van der Waals surface area contributed by atoms with E-state index in [0.717, 1.165) is 0 Å². The molecule has 0 aliphatic heterocycles. The summed E-state index contributed by atoms with van der Waals surface area (Å²) in [5.74, 6) is 1.18. The van der Waals surface area contributed by atoms with Crippen molar-refractivity contribution < 1.29 is 17.9 Å². The lowest BCUT2D eigenvalue weighted by molar-refractivity contribution is 0.402. The molecule has 2 aromatic carbocycles. The standard InChI is InChI=1S/C15H16N2O4S/c1-20-13-8-9-15(21-2)12(10-13)11-16-17-22(18,19)14-6-4-3-5-7-14/h3-11,17H,1-2H3/b16-11-. The van der Waals surface area contributed by atoms with Gasteiger partial charge in [0, 0.05) is 5.56 Å². The van der Waals surface area contributed by atoms with Crippen LogP contribution in [0.1, 0.15) is 5.56 Å². The van der Waals surface area contributed by atoms with Crippen LogP contribution in [0.5, 0.6) is 11.5 Å². The summed E-state index contributed by atoms with van der Waals surface area (Å²) in [5.41, 5.74) is 0.595. The van der Waals surface area contributed by atoms with Gasteiger partial charge in [0.05, 0.1) is 25.3 Å². The number of benzene rings is 2. The first kappa shape index (κ1) is 15.8. The Morgan fingerprint density at radius 3 is 2.41 bits per heavy atom. The van der Waals surface area contributed by atoms with E-state index in [1.165, 1.54) is 25.5 Å². The van der Waals surface area contributed by atoms with Crippen molar-refractivity contribution in [3.05, 3.63) is 54.1 Å². The second kappa shape index (κ2) is 6.95. The Morgan fingerprint density at radius 2 is 1.77 bits per heavy atom. The van der Waals surface area contributed by atoms with E-state index in [2.05, 4.69) is 9.93 Å². The lowest BCUT2D eigenvalue weighted by Gasteiger charge is -2.07. The van der Waals surface area contributed by atoms with Gasteiger partial charge in [-0.25, -0.2) is 4.83 Å². The highest BCUT2D eigenvalue weighted by atomic mass is 32.2. The summed E-state index contributed by atoms with van der Waals surface area (Å²) in [6.45, 7) is 0. The van der Waals surface area contributed by atoms with Gasteiger partial charge in [-0.3, -0.25) is 0 Å². The number of methoxy groups -OCH3 is 2. The molecule has 0 heterocycles. The molecule has 2 aromatic rings. The van der Waals surface area contributed by atoms with Crippen LogP contribution >= 0.6 is 0 Å². The molecule has 0 aliphatic carbocycles. The van der Waals surface area contributed by atoms with Crippen LogP contribution in [0, 0.1) is 0 Å². The monoisotopic (exact) mass is 320 g/mol. The molecule has 0 unspecified atom stereocenters. The fourth-order valence-electron chi connectivity index (χ4n) is 1.76. The molecular formula is C15H16N2O4S. The normalized spacial score (nSPS) is 11.4. The Hall–Kier alpha value is -2.54. The van der Waals surface area contributed by atoms with Gasteiger partial charge in [0.2, 0.25) is 0 Å². The van der Waals surface area contributed by atoms with Crippen LogP contribution < -0.4 is 14.3 Å². The zero-order chi connectivity index (χ0) is 16.0. The lowest BCUT2D eigenvalue weighted by atomic mass is 10.2. The topological polar surface area (TPSA) is 77.0 Å². The molecule has 0 spiro atoms. The van der Waals surface area contributed by atoms with Crippen molar-refractivity contribution in [1.29, 1.82) is 0 Å². The van der Waals surface area contributed by atoms with Crippen molar-refractivity contribution >= 4 is 16.2 Å². The van der Waals surface area contributed by atoms with Crippen molar-refractivity contribution in [1.82, 2.24) is 4.83 Å². The summed E-state index contributed by atoms with van der Waals surface area (Å²) in [4.78, 5) is 2.30. The number of hydrazone groups is 1. The first-order valence-corrected chi connectivity index (χ1v) is 7.87. The molecule has 0 aliphatic rings. The summed E-state index contributed by atoms with van der Waals surface area (Å²) < 4.78 is 34.3. The van der Waals surface area contributed by atoms with Gasteiger partial charge in [-0.1, -0.05) is 18.2 Å². The third kappa shape index (κ3) is 3.76. The molecule has 0 fully saturated rings. The Balaban J connectivity index is 2.19. The Morgan fingerprint density at radius 1 is 1.05 bits per heavy atom. The van der Waals surface area contributed by atoms with Crippen LogP contribution in [0.3, 0.4) is 0 Å². The second-order valence-corrected chi connectivity index (χ2v) is 5.93. The molecule has 0 radical (unpaired) electrons. The molecule has 116 valence electrons. The Kier molecular flexibility index (Phi) is 5.00. The van der Waals surface area contributed by atoms with E-state index in [0.29, 0.717) is 17.1 Å². The van der Waals surface area contributed by atoms with Gasteiger partial charge in [0.15, 0.2) is 0 Å². The van der Waals surface area contributed by atoms with Gasteiger partial charge in [-0.15, -0.1) is 0 Å². The predicted molar refractivity (Wildman–Crippen MR) is 83.9 cm³/mol. The van der Waals surface area contributed by atoms with Gasteiger partial charge in [-0.2, -0.15) is 13.5 Å². The largest absolute Gasteiger partial charge is 0.497 e. The van der Waals surface area contributed by atoms with E-state index in [-0.39, 0.29) is 4.90 Å². The summed E-state index contributed by atoms with van der Waals surface area (Å²) in [7, 11) is -0.622. The predicted octanol–water partition coefficient (Wildman–Crippen LogP) is 2.02. The average Bonchev–Trinajstić information content (AvgIpc) is 2.55. The molecule has 0 saturated carbocycles. The van der Waals surface area contributed by atoms with Crippen LogP contribution in [0.2, 0.25) is 0 Å². The van der Waals surface area contributed by atoms with Gasteiger partial charge >= 0.3 is 0 Å². The van der Waals surface area contributed by atoms with Crippen LogP contribution in [-0.2, 0) is 10.0 Å². The maximum atomic E-state index is 12.0. The summed E-state index contributed by atoms with van der Waals surface area (Å²) in [6.07, 6.45) is 1.36. The minimum atomic E-state index is -3.69. The molecule has 0 amide bonds. The molecule has 0 aromatic heterocycles. The van der Waals surface area contributed by atoms with E-state index < -0.39 is 10.0 Å². The highest BCUT2D eigenvalue weighted by Crippen LogP contribution is 2.22. The molecule has 1 N–H and O–H groups in total. The summed E-state index contributed by atoms with van der Waals surface area (Å²) in [5, 5.41) is 3.78. The quantitative estimate of drug-likeness (QED) is 0.652. The Bertz CT molecular complexity index is 758.